The summed E-state index contributed by atoms with van der Waals surface area (Å²) in [6.45, 7) is 4.94. The van der Waals surface area contributed by atoms with Gasteiger partial charge in [-0.05, 0) is 37.2 Å². The fourth-order valence-corrected chi connectivity index (χ4v) is 3.10. The molecule has 0 amide bonds. The third-order valence-corrected chi connectivity index (χ3v) is 4.86. The largest absolute Gasteiger partial charge is 0.388 e. The number of nitrogens with zero attached hydrogens (tertiary/aromatic N) is 1. The van der Waals surface area contributed by atoms with Crippen LogP contribution in [0.3, 0.4) is 0 Å². The van der Waals surface area contributed by atoms with Crippen molar-refractivity contribution in [1.29, 1.82) is 0 Å². The van der Waals surface area contributed by atoms with Gasteiger partial charge < -0.3 is 15.7 Å². The Morgan fingerprint density at radius 3 is 2.29 bits per heavy atom. The predicted molar refractivity (Wildman–Crippen MR) is 89.5 cm³/mol. The van der Waals surface area contributed by atoms with Gasteiger partial charge in [0.1, 0.15) is 11.6 Å². The molecular formula is C15H23Cl2N3O. The molecule has 3 N–H and O–H groups in total. The molecule has 0 atom stereocenters. The summed E-state index contributed by atoms with van der Waals surface area (Å²) in [5.41, 5.74) is -0.373. The molecule has 4 nitrogen and oxygen atoms in total. The molecule has 1 fully saturated rings. The van der Waals surface area contributed by atoms with Crippen molar-refractivity contribution in [2.24, 2.45) is 5.41 Å². The standard InChI is InChI=1S/C15H23Cl2N3O/c1-14(2)4-6-15(21,7-5-14)9-19-13-11(17)8-10(16)12(18-3)20-13/h8,21H,4-7,9H2,1-3H3,(H2,18,19,20). The van der Waals surface area contributed by atoms with E-state index in [0.29, 0.717) is 33.6 Å². The zero-order valence-electron chi connectivity index (χ0n) is 12.8. The Bertz CT molecular complexity index is 510. The lowest BCUT2D eigenvalue weighted by molar-refractivity contribution is -0.0145. The lowest BCUT2D eigenvalue weighted by atomic mass is 9.71. The quantitative estimate of drug-likeness (QED) is 0.774. The summed E-state index contributed by atoms with van der Waals surface area (Å²) in [6.07, 6.45) is 3.62. The molecule has 1 heterocycles. The second-order valence-electron chi connectivity index (χ2n) is 6.64. The van der Waals surface area contributed by atoms with E-state index in [9.17, 15) is 5.11 Å². The zero-order chi connectivity index (χ0) is 15.7. The number of anilines is 2. The van der Waals surface area contributed by atoms with Crippen LogP contribution in [0, 0.1) is 5.41 Å². The Balaban J connectivity index is 2.03. The maximum Gasteiger partial charge on any atom is 0.147 e. The summed E-state index contributed by atoms with van der Waals surface area (Å²) in [7, 11) is 1.75. The summed E-state index contributed by atoms with van der Waals surface area (Å²) < 4.78 is 0. The maximum absolute atomic E-state index is 10.7. The highest BCUT2D eigenvalue weighted by atomic mass is 35.5. The molecule has 1 aliphatic carbocycles. The van der Waals surface area contributed by atoms with E-state index in [4.69, 9.17) is 23.2 Å². The maximum atomic E-state index is 10.7. The summed E-state index contributed by atoms with van der Waals surface area (Å²) in [5, 5.41) is 17.7. The molecule has 1 aromatic rings. The van der Waals surface area contributed by atoms with E-state index in [1.807, 2.05) is 0 Å². The minimum atomic E-state index is -0.694. The fraction of sp³-hybridized carbons (Fsp3) is 0.667. The highest BCUT2D eigenvalue weighted by Crippen LogP contribution is 2.40. The molecule has 0 unspecified atom stereocenters. The van der Waals surface area contributed by atoms with Gasteiger partial charge in [-0.25, -0.2) is 4.98 Å². The van der Waals surface area contributed by atoms with Gasteiger partial charge in [-0.3, -0.25) is 0 Å². The second-order valence-corrected chi connectivity index (χ2v) is 7.46. The Hall–Kier alpha value is -0.710. The summed E-state index contributed by atoms with van der Waals surface area (Å²) in [4.78, 5) is 4.34. The minimum Gasteiger partial charge on any atom is -0.388 e. The van der Waals surface area contributed by atoms with Crippen molar-refractivity contribution in [3.05, 3.63) is 16.1 Å². The normalized spacial score (nSPS) is 20.1. The molecule has 0 bridgehead atoms. The van der Waals surface area contributed by atoms with E-state index in [0.717, 1.165) is 25.7 Å². The third-order valence-electron chi connectivity index (χ3n) is 4.29. The Morgan fingerprint density at radius 1 is 1.14 bits per heavy atom. The lowest BCUT2D eigenvalue weighted by Gasteiger charge is -2.40. The van der Waals surface area contributed by atoms with Crippen molar-refractivity contribution in [2.75, 3.05) is 24.2 Å². The Kier molecular flexibility index (Phi) is 4.91. The van der Waals surface area contributed by atoms with Crippen molar-refractivity contribution in [2.45, 2.75) is 45.1 Å². The van der Waals surface area contributed by atoms with Gasteiger partial charge in [-0.2, -0.15) is 0 Å². The second kappa shape index (κ2) is 6.19. The molecule has 0 radical (unpaired) electrons. The molecule has 0 aromatic carbocycles. The van der Waals surface area contributed by atoms with Gasteiger partial charge in [-0.15, -0.1) is 0 Å². The number of hydrogen-bond donors (Lipinski definition) is 3. The van der Waals surface area contributed by atoms with Gasteiger partial charge in [0.2, 0.25) is 0 Å². The van der Waals surface area contributed by atoms with Crippen LogP contribution in [-0.2, 0) is 0 Å². The van der Waals surface area contributed by atoms with Crippen LogP contribution in [0.4, 0.5) is 11.6 Å². The highest BCUT2D eigenvalue weighted by molar-refractivity contribution is 6.37. The molecule has 0 aliphatic heterocycles. The van der Waals surface area contributed by atoms with E-state index < -0.39 is 5.60 Å². The molecule has 0 saturated heterocycles. The number of halogens is 2. The molecular weight excluding hydrogens is 309 g/mol. The van der Waals surface area contributed by atoms with Crippen molar-refractivity contribution in [3.8, 4) is 0 Å². The van der Waals surface area contributed by atoms with Crippen LogP contribution < -0.4 is 10.6 Å². The van der Waals surface area contributed by atoms with E-state index >= 15 is 0 Å². The first kappa shape index (κ1) is 16.7. The summed E-state index contributed by atoms with van der Waals surface area (Å²) in [6, 6.07) is 1.65. The molecule has 6 heteroatoms. The monoisotopic (exact) mass is 331 g/mol. The van der Waals surface area contributed by atoms with Gasteiger partial charge in [-0.1, -0.05) is 37.0 Å². The fourth-order valence-electron chi connectivity index (χ4n) is 2.58. The number of nitrogens with one attached hydrogen (secondary N) is 2. The van der Waals surface area contributed by atoms with Crippen LogP contribution in [0.15, 0.2) is 6.07 Å². The van der Waals surface area contributed by atoms with Gasteiger partial charge in [0.05, 0.1) is 15.6 Å². The molecule has 1 aliphatic rings. The number of hydrogen-bond acceptors (Lipinski definition) is 4. The first-order valence-corrected chi connectivity index (χ1v) is 8.00. The first-order valence-electron chi connectivity index (χ1n) is 7.25. The Morgan fingerprint density at radius 2 is 1.71 bits per heavy atom. The zero-order valence-corrected chi connectivity index (χ0v) is 14.3. The molecule has 1 saturated carbocycles. The van der Waals surface area contributed by atoms with Crippen LogP contribution >= 0.6 is 23.2 Å². The molecule has 21 heavy (non-hydrogen) atoms. The number of aromatic nitrogens is 1. The van der Waals surface area contributed by atoms with Crippen LogP contribution in [0.5, 0.6) is 0 Å². The average molecular weight is 332 g/mol. The van der Waals surface area contributed by atoms with Gasteiger partial charge in [0.25, 0.3) is 0 Å². The lowest BCUT2D eigenvalue weighted by Crippen LogP contribution is -2.42. The topological polar surface area (TPSA) is 57.2 Å². The number of rotatable bonds is 4. The van der Waals surface area contributed by atoms with Crippen LogP contribution in [0.1, 0.15) is 39.5 Å². The van der Waals surface area contributed by atoms with Crippen LogP contribution in [-0.4, -0.2) is 29.3 Å². The van der Waals surface area contributed by atoms with Crippen LogP contribution in [0.25, 0.3) is 0 Å². The third kappa shape index (κ3) is 4.15. The Labute approximate surface area is 136 Å². The molecule has 1 aromatic heterocycles. The highest BCUT2D eigenvalue weighted by Gasteiger charge is 2.36. The van der Waals surface area contributed by atoms with Gasteiger partial charge >= 0.3 is 0 Å². The van der Waals surface area contributed by atoms with Gasteiger partial charge in [0, 0.05) is 13.6 Å². The average Bonchev–Trinajstić information content (AvgIpc) is 2.42. The van der Waals surface area contributed by atoms with Crippen molar-refractivity contribution >= 4 is 34.8 Å². The molecule has 118 valence electrons. The van der Waals surface area contributed by atoms with Crippen molar-refractivity contribution in [1.82, 2.24) is 4.98 Å². The first-order chi connectivity index (χ1) is 9.75. The van der Waals surface area contributed by atoms with E-state index in [1.165, 1.54) is 0 Å². The number of aliphatic hydroxyl groups is 1. The van der Waals surface area contributed by atoms with Crippen LogP contribution in [0.2, 0.25) is 10.0 Å². The smallest absolute Gasteiger partial charge is 0.147 e. The van der Waals surface area contributed by atoms with Crippen molar-refractivity contribution < 1.29 is 5.11 Å². The number of pyridine rings is 1. The SMILES string of the molecule is CNc1nc(NCC2(O)CCC(C)(C)CC2)c(Cl)cc1Cl. The molecule has 2 rings (SSSR count). The van der Waals surface area contributed by atoms with E-state index in [2.05, 4.69) is 29.5 Å². The van der Waals surface area contributed by atoms with E-state index in [1.54, 1.807) is 13.1 Å². The van der Waals surface area contributed by atoms with E-state index in [-0.39, 0.29) is 0 Å². The van der Waals surface area contributed by atoms with Crippen molar-refractivity contribution in [3.63, 3.8) is 0 Å². The minimum absolute atomic E-state index is 0.321. The predicted octanol–water partition coefficient (Wildman–Crippen LogP) is 4.17. The summed E-state index contributed by atoms with van der Waals surface area (Å²) in [5.74, 6) is 1.11. The molecule has 0 spiro atoms. The van der Waals surface area contributed by atoms with Gasteiger partial charge in [0.15, 0.2) is 0 Å². The summed E-state index contributed by atoms with van der Waals surface area (Å²) >= 11 is 12.2.